The van der Waals surface area contributed by atoms with E-state index in [1.165, 1.54) is 4.90 Å². The van der Waals surface area contributed by atoms with Crippen LogP contribution < -0.4 is 5.32 Å². The fourth-order valence-electron chi connectivity index (χ4n) is 2.69. The highest BCUT2D eigenvalue weighted by Crippen LogP contribution is 2.29. The molecular formula is C12H21N3O3. The summed E-state index contributed by atoms with van der Waals surface area (Å²) in [6.45, 7) is 6.56. The third-order valence-corrected chi connectivity index (χ3v) is 3.67. The molecule has 0 aromatic heterocycles. The van der Waals surface area contributed by atoms with Crippen LogP contribution in [0.3, 0.4) is 0 Å². The number of methoxy groups -OCH3 is 1. The van der Waals surface area contributed by atoms with Gasteiger partial charge < -0.3 is 10.1 Å². The molecule has 2 saturated heterocycles. The Balaban J connectivity index is 2.06. The van der Waals surface area contributed by atoms with Gasteiger partial charge in [0.2, 0.25) is 0 Å². The summed E-state index contributed by atoms with van der Waals surface area (Å²) in [7, 11) is 1.66. The quantitative estimate of drug-likeness (QED) is 0.720. The lowest BCUT2D eigenvalue weighted by molar-refractivity contribution is -0.132. The number of urea groups is 1. The minimum absolute atomic E-state index is 0.0811. The molecule has 3 amide bonds. The number of likely N-dealkylation sites (tertiary alicyclic amines) is 1. The number of hydrogen-bond acceptors (Lipinski definition) is 4. The normalized spacial score (nSPS) is 28.8. The van der Waals surface area contributed by atoms with Crippen molar-refractivity contribution in [3.05, 3.63) is 0 Å². The Kier molecular flexibility index (Phi) is 3.59. The van der Waals surface area contributed by atoms with Crippen LogP contribution >= 0.6 is 0 Å². The van der Waals surface area contributed by atoms with Gasteiger partial charge in [-0.25, -0.2) is 4.79 Å². The first-order chi connectivity index (χ1) is 8.50. The minimum atomic E-state index is -0.699. The standard InChI is InChI=1S/C12H21N3O3/c1-9(2)15-10(16)12(13-11(15)17)4-5-14(8-12)6-7-18-3/h9H,4-8H2,1-3H3,(H,13,17)/t12-/m1/s1. The van der Waals surface area contributed by atoms with Crippen molar-refractivity contribution in [1.29, 1.82) is 0 Å². The fraction of sp³-hybridized carbons (Fsp3) is 0.833. The van der Waals surface area contributed by atoms with E-state index >= 15 is 0 Å². The SMILES string of the molecule is COCCN1CC[C@]2(C1)NC(=O)N(C(C)C)C2=O. The summed E-state index contributed by atoms with van der Waals surface area (Å²) in [6.07, 6.45) is 0.685. The molecule has 2 aliphatic rings. The summed E-state index contributed by atoms with van der Waals surface area (Å²) < 4.78 is 5.04. The van der Waals surface area contributed by atoms with Gasteiger partial charge >= 0.3 is 6.03 Å². The Morgan fingerprint density at radius 2 is 2.17 bits per heavy atom. The highest BCUT2D eigenvalue weighted by atomic mass is 16.5. The van der Waals surface area contributed by atoms with Gasteiger partial charge in [-0.05, 0) is 20.3 Å². The number of hydrogen-bond donors (Lipinski definition) is 1. The highest BCUT2D eigenvalue weighted by molar-refractivity contribution is 6.07. The van der Waals surface area contributed by atoms with Crippen LogP contribution in [-0.2, 0) is 9.53 Å². The zero-order valence-corrected chi connectivity index (χ0v) is 11.2. The second kappa shape index (κ2) is 4.85. The lowest BCUT2D eigenvalue weighted by Crippen LogP contribution is -2.49. The number of nitrogens with one attached hydrogen (secondary N) is 1. The first-order valence-corrected chi connectivity index (χ1v) is 6.37. The number of ether oxygens (including phenoxy) is 1. The van der Waals surface area contributed by atoms with Crippen molar-refractivity contribution in [1.82, 2.24) is 15.1 Å². The largest absolute Gasteiger partial charge is 0.383 e. The third-order valence-electron chi connectivity index (χ3n) is 3.67. The zero-order valence-electron chi connectivity index (χ0n) is 11.2. The summed E-state index contributed by atoms with van der Waals surface area (Å²) in [6, 6.07) is -0.353. The lowest BCUT2D eigenvalue weighted by Gasteiger charge is -2.23. The van der Waals surface area contributed by atoms with Crippen LogP contribution in [-0.4, -0.2) is 66.7 Å². The molecule has 1 spiro atoms. The van der Waals surface area contributed by atoms with E-state index in [-0.39, 0.29) is 18.0 Å². The van der Waals surface area contributed by atoms with Crippen molar-refractivity contribution in [2.45, 2.75) is 31.8 Å². The van der Waals surface area contributed by atoms with Crippen LogP contribution in [0.25, 0.3) is 0 Å². The predicted molar refractivity (Wildman–Crippen MR) is 66.2 cm³/mol. The van der Waals surface area contributed by atoms with Crippen LogP contribution in [0.5, 0.6) is 0 Å². The predicted octanol–water partition coefficient (Wildman–Crippen LogP) is 0.0375. The smallest absolute Gasteiger partial charge is 0.325 e. The minimum Gasteiger partial charge on any atom is -0.383 e. The van der Waals surface area contributed by atoms with E-state index in [1.807, 2.05) is 13.8 Å². The van der Waals surface area contributed by atoms with Crippen LogP contribution in [0, 0.1) is 0 Å². The van der Waals surface area contributed by atoms with Gasteiger partial charge in [0.15, 0.2) is 0 Å². The van der Waals surface area contributed by atoms with Crippen molar-refractivity contribution < 1.29 is 14.3 Å². The second-order valence-electron chi connectivity index (χ2n) is 5.30. The Hall–Kier alpha value is -1.14. The molecule has 0 aliphatic carbocycles. The molecule has 2 heterocycles. The van der Waals surface area contributed by atoms with E-state index in [9.17, 15) is 9.59 Å². The molecule has 2 fully saturated rings. The summed E-state index contributed by atoms with van der Waals surface area (Å²) in [4.78, 5) is 27.7. The van der Waals surface area contributed by atoms with E-state index < -0.39 is 5.54 Å². The van der Waals surface area contributed by atoms with Gasteiger partial charge in [-0.15, -0.1) is 0 Å². The molecule has 0 saturated carbocycles. The number of imide groups is 1. The Labute approximate surface area is 107 Å². The highest BCUT2D eigenvalue weighted by Gasteiger charge is 2.54. The van der Waals surface area contributed by atoms with Crippen LogP contribution in [0.2, 0.25) is 0 Å². The summed E-state index contributed by atoms with van der Waals surface area (Å²) in [5.74, 6) is -0.0811. The number of amides is 3. The van der Waals surface area contributed by atoms with Crippen molar-refractivity contribution in [3.8, 4) is 0 Å². The van der Waals surface area contributed by atoms with E-state index in [0.717, 1.165) is 13.1 Å². The summed E-state index contributed by atoms with van der Waals surface area (Å²) in [5, 5.41) is 2.87. The van der Waals surface area contributed by atoms with Gasteiger partial charge in [0.1, 0.15) is 5.54 Å². The average molecular weight is 255 g/mol. The van der Waals surface area contributed by atoms with Crippen molar-refractivity contribution in [2.24, 2.45) is 0 Å². The van der Waals surface area contributed by atoms with Crippen LogP contribution in [0.1, 0.15) is 20.3 Å². The van der Waals surface area contributed by atoms with Gasteiger partial charge in [0.25, 0.3) is 5.91 Å². The first kappa shape index (κ1) is 13.3. The number of rotatable bonds is 4. The van der Waals surface area contributed by atoms with Crippen molar-refractivity contribution in [3.63, 3.8) is 0 Å². The van der Waals surface area contributed by atoms with Gasteiger partial charge in [-0.2, -0.15) is 0 Å². The molecule has 0 unspecified atom stereocenters. The summed E-state index contributed by atoms with van der Waals surface area (Å²) >= 11 is 0. The topological polar surface area (TPSA) is 61.9 Å². The average Bonchev–Trinajstić information content (AvgIpc) is 2.80. The molecule has 18 heavy (non-hydrogen) atoms. The molecule has 0 bridgehead atoms. The number of nitrogens with zero attached hydrogens (tertiary/aromatic N) is 2. The number of carbonyl (C=O) groups excluding carboxylic acids is 2. The van der Waals surface area contributed by atoms with E-state index in [2.05, 4.69) is 10.2 Å². The van der Waals surface area contributed by atoms with Crippen molar-refractivity contribution >= 4 is 11.9 Å². The maximum Gasteiger partial charge on any atom is 0.325 e. The van der Waals surface area contributed by atoms with Crippen molar-refractivity contribution in [2.75, 3.05) is 33.4 Å². The Bertz CT molecular complexity index is 358. The molecule has 6 heteroatoms. The fourth-order valence-corrected chi connectivity index (χ4v) is 2.69. The van der Waals surface area contributed by atoms with Gasteiger partial charge in [0.05, 0.1) is 6.61 Å². The molecular weight excluding hydrogens is 234 g/mol. The van der Waals surface area contributed by atoms with Gasteiger partial charge in [-0.1, -0.05) is 0 Å². The molecule has 0 radical (unpaired) electrons. The Morgan fingerprint density at radius 1 is 1.44 bits per heavy atom. The molecule has 2 aliphatic heterocycles. The monoisotopic (exact) mass is 255 g/mol. The molecule has 1 N–H and O–H groups in total. The molecule has 0 aromatic carbocycles. The third kappa shape index (κ3) is 2.10. The van der Waals surface area contributed by atoms with E-state index in [4.69, 9.17) is 4.74 Å². The van der Waals surface area contributed by atoms with E-state index in [1.54, 1.807) is 7.11 Å². The van der Waals surface area contributed by atoms with Gasteiger partial charge in [0, 0.05) is 32.8 Å². The molecule has 1 atom stereocenters. The Morgan fingerprint density at radius 3 is 2.72 bits per heavy atom. The molecule has 2 rings (SSSR count). The van der Waals surface area contributed by atoms with Crippen LogP contribution in [0.4, 0.5) is 4.79 Å². The van der Waals surface area contributed by atoms with Crippen LogP contribution in [0.15, 0.2) is 0 Å². The summed E-state index contributed by atoms with van der Waals surface area (Å²) in [5.41, 5.74) is -0.699. The molecule has 102 valence electrons. The molecule has 0 aromatic rings. The maximum atomic E-state index is 12.4. The number of carbonyl (C=O) groups is 2. The lowest BCUT2D eigenvalue weighted by atomic mass is 9.99. The molecule has 6 nitrogen and oxygen atoms in total. The van der Waals surface area contributed by atoms with E-state index in [0.29, 0.717) is 19.6 Å². The van der Waals surface area contributed by atoms with Gasteiger partial charge in [-0.3, -0.25) is 14.6 Å². The maximum absolute atomic E-state index is 12.4. The first-order valence-electron chi connectivity index (χ1n) is 6.37. The second-order valence-corrected chi connectivity index (χ2v) is 5.30. The zero-order chi connectivity index (χ0) is 13.3.